The zero-order valence-corrected chi connectivity index (χ0v) is 7.90. The lowest BCUT2D eigenvalue weighted by molar-refractivity contribution is -0.141. The summed E-state index contributed by atoms with van der Waals surface area (Å²) in [6.45, 7) is 6.19. The first-order chi connectivity index (χ1) is 4.97. The Hall–Kier alpha value is 0.230. The van der Waals surface area contributed by atoms with Gasteiger partial charge in [-0.25, -0.2) is 0 Å². The van der Waals surface area contributed by atoms with Gasteiger partial charge in [0.25, 0.3) is 0 Å². The number of ether oxygens (including phenoxy) is 2. The first-order valence-corrected chi connectivity index (χ1v) is 4.55. The second kappa shape index (κ2) is 2.94. The lowest BCUT2D eigenvalue weighted by atomic mass is 10.4. The molecular formula is C7H14O3S. The number of thioether (sulfide) groups is 1. The third kappa shape index (κ3) is 2.33. The zero-order chi connectivity index (χ0) is 8.54. The first kappa shape index (κ1) is 9.32. The molecule has 1 rings (SSSR count). The normalized spacial score (nSPS) is 36.0. The maximum absolute atomic E-state index is 8.69. The summed E-state index contributed by atoms with van der Waals surface area (Å²) in [7, 11) is 0. The van der Waals surface area contributed by atoms with Crippen molar-refractivity contribution in [1.29, 1.82) is 0 Å². The summed E-state index contributed by atoms with van der Waals surface area (Å²) in [4.78, 5) is -0.377. The molecule has 0 aromatic rings. The zero-order valence-electron chi connectivity index (χ0n) is 7.09. The average Bonchev–Trinajstić information content (AvgIpc) is 2.07. The molecule has 11 heavy (non-hydrogen) atoms. The predicted molar refractivity (Wildman–Crippen MR) is 44.2 cm³/mol. The van der Waals surface area contributed by atoms with Crippen molar-refractivity contribution in [3.63, 3.8) is 0 Å². The van der Waals surface area contributed by atoms with Crippen LogP contribution < -0.4 is 0 Å². The number of aliphatic hydroxyl groups is 1. The number of rotatable bonds is 2. The lowest BCUT2D eigenvalue weighted by Crippen LogP contribution is -2.27. The fourth-order valence-corrected chi connectivity index (χ4v) is 1.77. The molecule has 0 spiro atoms. The fourth-order valence-electron chi connectivity index (χ4n) is 1.09. The highest BCUT2D eigenvalue weighted by Crippen LogP contribution is 2.38. The van der Waals surface area contributed by atoms with E-state index in [1.807, 2.05) is 20.8 Å². The van der Waals surface area contributed by atoms with Gasteiger partial charge in [0.2, 0.25) is 0 Å². The van der Waals surface area contributed by atoms with Gasteiger partial charge in [-0.3, -0.25) is 0 Å². The smallest absolute Gasteiger partial charge is 0.164 e. The van der Waals surface area contributed by atoms with Crippen LogP contribution in [0.2, 0.25) is 0 Å². The third-order valence-electron chi connectivity index (χ3n) is 1.51. The van der Waals surface area contributed by atoms with Crippen LogP contribution in [0, 0.1) is 0 Å². The molecule has 1 N–H and O–H groups in total. The quantitative estimate of drug-likeness (QED) is 0.644. The summed E-state index contributed by atoms with van der Waals surface area (Å²) in [6.07, 6.45) is 0. The SMILES string of the molecule is CC1(C)OC[C@@](C)(SCO)O1. The van der Waals surface area contributed by atoms with Crippen molar-refractivity contribution >= 4 is 11.8 Å². The van der Waals surface area contributed by atoms with Crippen LogP contribution in [0.5, 0.6) is 0 Å². The van der Waals surface area contributed by atoms with E-state index >= 15 is 0 Å². The molecule has 1 atom stereocenters. The van der Waals surface area contributed by atoms with Crippen LogP contribution in [0.4, 0.5) is 0 Å². The summed E-state index contributed by atoms with van der Waals surface area (Å²) < 4.78 is 10.9. The molecule has 0 unspecified atom stereocenters. The Balaban J connectivity index is 2.51. The van der Waals surface area contributed by atoms with Gasteiger partial charge in [-0.05, 0) is 20.8 Å². The van der Waals surface area contributed by atoms with Gasteiger partial charge in [-0.15, -0.1) is 0 Å². The van der Waals surface area contributed by atoms with Gasteiger partial charge in [0, 0.05) is 0 Å². The molecule has 0 bridgehead atoms. The van der Waals surface area contributed by atoms with E-state index in [2.05, 4.69) is 0 Å². The van der Waals surface area contributed by atoms with Gasteiger partial charge in [0.1, 0.15) is 4.93 Å². The van der Waals surface area contributed by atoms with Crippen molar-refractivity contribution in [3.05, 3.63) is 0 Å². The molecule has 0 radical (unpaired) electrons. The maximum atomic E-state index is 8.69. The molecule has 0 saturated carbocycles. The highest BCUT2D eigenvalue weighted by atomic mass is 32.2. The van der Waals surface area contributed by atoms with Crippen molar-refractivity contribution in [2.45, 2.75) is 31.5 Å². The molecule has 1 heterocycles. The van der Waals surface area contributed by atoms with Crippen LogP contribution in [0.3, 0.4) is 0 Å². The predicted octanol–water partition coefficient (Wildman–Crippen LogP) is 1.17. The Morgan fingerprint density at radius 1 is 1.45 bits per heavy atom. The summed E-state index contributed by atoms with van der Waals surface area (Å²) in [5, 5.41) is 8.69. The summed E-state index contributed by atoms with van der Waals surface area (Å²) >= 11 is 1.35. The molecule has 66 valence electrons. The van der Waals surface area contributed by atoms with Crippen LogP contribution in [-0.2, 0) is 9.47 Å². The third-order valence-corrected chi connectivity index (χ3v) is 2.45. The van der Waals surface area contributed by atoms with Crippen molar-refractivity contribution in [2.75, 3.05) is 12.5 Å². The summed E-state index contributed by atoms with van der Waals surface area (Å²) in [6, 6.07) is 0. The molecule has 1 aliphatic rings. The Morgan fingerprint density at radius 3 is 2.45 bits per heavy atom. The molecule has 3 nitrogen and oxygen atoms in total. The lowest BCUT2D eigenvalue weighted by Gasteiger charge is -2.23. The first-order valence-electron chi connectivity index (χ1n) is 3.56. The second-order valence-electron chi connectivity index (χ2n) is 3.20. The van der Waals surface area contributed by atoms with Crippen LogP contribution in [0.1, 0.15) is 20.8 Å². The van der Waals surface area contributed by atoms with E-state index in [1.165, 1.54) is 11.8 Å². The van der Waals surface area contributed by atoms with Gasteiger partial charge in [0.15, 0.2) is 5.79 Å². The van der Waals surface area contributed by atoms with E-state index in [-0.39, 0.29) is 10.9 Å². The van der Waals surface area contributed by atoms with Gasteiger partial charge in [-0.1, -0.05) is 11.8 Å². The monoisotopic (exact) mass is 178 g/mol. The van der Waals surface area contributed by atoms with Crippen molar-refractivity contribution in [3.8, 4) is 0 Å². The standard InChI is InChI=1S/C7H14O3S/c1-6(2)9-4-7(3,10-6)11-5-8/h8H,4-5H2,1-3H3/t7-/m1/s1. The number of hydrogen-bond acceptors (Lipinski definition) is 4. The van der Waals surface area contributed by atoms with Gasteiger partial charge >= 0.3 is 0 Å². The van der Waals surface area contributed by atoms with Gasteiger partial charge in [0.05, 0.1) is 12.5 Å². The molecule has 1 fully saturated rings. The van der Waals surface area contributed by atoms with Crippen molar-refractivity contribution in [2.24, 2.45) is 0 Å². The highest BCUT2D eigenvalue weighted by Gasteiger charge is 2.42. The van der Waals surface area contributed by atoms with Gasteiger partial charge in [-0.2, -0.15) is 0 Å². The van der Waals surface area contributed by atoms with Gasteiger partial charge < -0.3 is 14.6 Å². The minimum absolute atomic E-state index is 0.0654. The topological polar surface area (TPSA) is 38.7 Å². The van der Waals surface area contributed by atoms with Crippen molar-refractivity contribution in [1.82, 2.24) is 0 Å². The van der Waals surface area contributed by atoms with E-state index in [0.29, 0.717) is 6.61 Å². The molecule has 0 aromatic carbocycles. The molecular weight excluding hydrogens is 164 g/mol. The highest BCUT2D eigenvalue weighted by molar-refractivity contribution is 8.00. The molecule has 4 heteroatoms. The Labute approximate surface area is 71.1 Å². The van der Waals surface area contributed by atoms with Crippen LogP contribution >= 0.6 is 11.8 Å². The second-order valence-corrected chi connectivity index (χ2v) is 4.61. The molecule has 0 aromatic heterocycles. The van der Waals surface area contributed by atoms with Crippen molar-refractivity contribution < 1.29 is 14.6 Å². The summed E-state index contributed by atoms with van der Waals surface area (Å²) in [5.74, 6) is -0.438. The van der Waals surface area contributed by atoms with Crippen LogP contribution in [0.15, 0.2) is 0 Å². The Bertz CT molecular complexity index is 149. The summed E-state index contributed by atoms with van der Waals surface area (Å²) in [5.41, 5.74) is 0. The number of aliphatic hydroxyl groups excluding tert-OH is 1. The Kier molecular flexibility index (Phi) is 2.49. The molecule has 1 saturated heterocycles. The van der Waals surface area contributed by atoms with E-state index in [1.54, 1.807) is 0 Å². The van der Waals surface area contributed by atoms with E-state index in [9.17, 15) is 0 Å². The molecule has 0 amide bonds. The van der Waals surface area contributed by atoms with E-state index < -0.39 is 5.79 Å². The number of hydrogen-bond donors (Lipinski definition) is 1. The largest absolute Gasteiger partial charge is 0.386 e. The maximum Gasteiger partial charge on any atom is 0.164 e. The minimum atomic E-state index is -0.503. The van der Waals surface area contributed by atoms with Crippen LogP contribution in [0.25, 0.3) is 0 Å². The van der Waals surface area contributed by atoms with Crippen LogP contribution in [-0.4, -0.2) is 28.4 Å². The minimum Gasteiger partial charge on any atom is -0.386 e. The Morgan fingerprint density at radius 2 is 2.09 bits per heavy atom. The van der Waals surface area contributed by atoms with E-state index in [4.69, 9.17) is 14.6 Å². The molecule has 1 aliphatic heterocycles. The fraction of sp³-hybridized carbons (Fsp3) is 1.00. The average molecular weight is 178 g/mol. The van der Waals surface area contributed by atoms with E-state index in [0.717, 1.165) is 0 Å². The molecule has 0 aliphatic carbocycles.